The van der Waals surface area contributed by atoms with Crippen LogP contribution in [0.2, 0.25) is 0 Å². The SMILES string of the molecule is COc1ccc(C(=O)Nc2cccc(-c3nnc4n3CCCCC4)c2)cn1. The van der Waals surface area contributed by atoms with E-state index in [1.54, 1.807) is 19.2 Å². The number of amides is 1. The van der Waals surface area contributed by atoms with Crippen LogP contribution in [0.15, 0.2) is 42.6 Å². The number of hydrogen-bond donors (Lipinski definition) is 1. The molecule has 2 aromatic heterocycles. The van der Waals surface area contributed by atoms with Crippen molar-refractivity contribution < 1.29 is 9.53 Å². The number of methoxy groups -OCH3 is 1. The van der Waals surface area contributed by atoms with Gasteiger partial charge in [-0.3, -0.25) is 4.79 Å². The highest BCUT2D eigenvalue weighted by molar-refractivity contribution is 6.04. The normalized spacial score (nSPS) is 13.5. The lowest BCUT2D eigenvalue weighted by Crippen LogP contribution is -2.12. The van der Waals surface area contributed by atoms with E-state index in [-0.39, 0.29) is 5.91 Å². The third-order valence-corrected chi connectivity index (χ3v) is 4.70. The molecule has 1 N–H and O–H groups in total. The fourth-order valence-corrected chi connectivity index (χ4v) is 3.27. The topological polar surface area (TPSA) is 81.9 Å². The molecule has 3 heterocycles. The van der Waals surface area contributed by atoms with Gasteiger partial charge in [0.15, 0.2) is 5.82 Å². The average Bonchev–Trinajstić information content (AvgIpc) is 2.96. The van der Waals surface area contributed by atoms with Gasteiger partial charge in [-0.1, -0.05) is 18.6 Å². The first kappa shape index (κ1) is 17.2. The number of pyridine rings is 1. The molecule has 1 aliphatic heterocycles. The number of hydrogen-bond acceptors (Lipinski definition) is 5. The van der Waals surface area contributed by atoms with E-state index in [1.165, 1.54) is 12.6 Å². The molecule has 0 saturated heterocycles. The molecule has 4 rings (SSSR count). The summed E-state index contributed by atoms with van der Waals surface area (Å²) >= 11 is 0. The van der Waals surface area contributed by atoms with Gasteiger partial charge < -0.3 is 14.6 Å². The van der Waals surface area contributed by atoms with Crippen LogP contribution in [0.5, 0.6) is 5.88 Å². The second-order valence-corrected chi connectivity index (χ2v) is 6.53. The Bertz CT molecular complexity index is 949. The molecule has 0 fully saturated rings. The number of nitrogens with one attached hydrogen (secondary N) is 1. The van der Waals surface area contributed by atoms with E-state index in [0.717, 1.165) is 43.0 Å². The van der Waals surface area contributed by atoms with Crippen molar-refractivity contribution in [3.05, 3.63) is 54.0 Å². The molecule has 27 heavy (non-hydrogen) atoms. The standard InChI is InChI=1S/C20H21N5O2/c1-27-18-10-9-15(13-21-18)20(26)22-16-7-5-6-14(12-16)19-24-23-17-8-3-2-4-11-25(17)19/h5-7,9-10,12-13H,2-4,8,11H2,1H3,(H,22,26). The predicted octanol–water partition coefficient (Wildman–Crippen LogP) is 3.33. The number of ether oxygens (including phenoxy) is 1. The first-order chi connectivity index (χ1) is 13.2. The Kier molecular flexibility index (Phi) is 4.82. The summed E-state index contributed by atoms with van der Waals surface area (Å²) in [5, 5.41) is 11.6. The Morgan fingerprint density at radius 1 is 1.15 bits per heavy atom. The van der Waals surface area contributed by atoms with Crippen molar-refractivity contribution in [1.29, 1.82) is 0 Å². The minimum atomic E-state index is -0.220. The largest absolute Gasteiger partial charge is 0.481 e. The second kappa shape index (κ2) is 7.57. The van der Waals surface area contributed by atoms with Crippen molar-refractivity contribution >= 4 is 11.6 Å². The maximum Gasteiger partial charge on any atom is 0.257 e. The monoisotopic (exact) mass is 363 g/mol. The van der Waals surface area contributed by atoms with E-state index in [4.69, 9.17) is 4.74 Å². The van der Waals surface area contributed by atoms with Gasteiger partial charge in [-0.2, -0.15) is 0 Å². The van der Waals surface area contributed by atoms with Gasteiger partial charge in [0.25, 0.3) is 5.91 Å². The molecule has 138 valence electrons. The predicted molar refractivity (Wildman–Crippen MR) is 102 cm³/mol. The number of aryl methyl sites for hydroxylation is 1. The molecule has 7 heteroatoms. The van der Waals surface area contributed by atoms with Crippen molar-refractivity contribution in [2.45, 2.75) is 32.2 Å². The summed E-state index contributed by atoms with van der Waals surface area (Å²) in [7, 11) is 1.54. The van der Waals surface area contributed by atoms with E-state index >= 15 is 0 Å². The zero-order valence-corrected chi connectivity index (χ0v) is 15.2. The Morgan fingerprint density at radius 3 is 2.89 bits per heavy atom. The Hall–Kier alpha value is -3.22. The number of fused-ring (bicyclic) bond motifs is 1. The maximum absolute atomic E-state index is 12.5. The van der Waals surface area contributed by atoms with E-state index < -0.39 is 0 Å². The number of nitrogens with zero attached hydrogens (tertiary/aromatic N) is 4. The number of anilines is 1. The summed E-state index contributed by atoms with van der Waals surface area (Å²) in [6, 6.07) is 11.0. The van der Waals surface area contributed by atoms with Crippen molar-refractivity contribution in [2.24, 2.45) is 0 Å². The van der Waals surface area contributed by atoms with Crippen LogP contribution in [0.4, 0.5) is 5.69 Å². The second-order valence-electron chi connectivity index (χ2n) is 6.53. The molecule has 7 nitrogen and oxygen atoms in total. The lowest BCUT2D eigenvalue weighted by atomic mass is 10.1. The summed E-state index contributed by atoms with van der Waals surface area (Å²) in [5.41, 5.74) is 2.12. The molecule has 1 aromatic carbocycles. The van der Waals surface area contributed by atoms with Crippen molar-refractivity contribution in [3.63, 3.8) is 0 Å². The molecular formula is C20H21N5O2. The zero-order valence-electron chi connectivity index (χ0n) is 15.2. The molecule has 1 amide bonds. The minimum absolute atomic E-state index is 0.220. The van der Waals surface area contributed by atoms with Gasteiger partial charge in [-0.05, 0) is 31.0 Å². The molecular weight excluding hydrogens is 342 g/mol. The highest BCUT2D eigenvalue weighted by Gasteiger charge is 2.16. The smallest absolute Gasteiger partial charge is 0.257 e. The van der Waals surface area contributed by atoms with Gasteiger partial charge in [0, 0.05) is 36.5 Å². The summed E-state index contributed by atoms with van der Waals surface area (Å²) < 4.78 is 7.22. The summed E-state index contributed by atoms with van der Waals surface area (Å²) in [6.07, 6.45) is 5.97. The summed E-state index contributed by atoms with van der Waals surface area (Å²) in [6.45, 7) is 0.936. The van der Waals surface area contributed by atoms with Crippen LogP contribution < -0.4 is 10.1 Å². The molecule has 1 aliphatic rings. The molecule has 0 bridgehead atoms. The quantitative estimate of drug-likeness (QED) is 0.769. The lowest BCUT2D eigenvalue weighted by molar-refractivity contribution is 0.102. The van der Waals surface area contributed by atoms with Crippen LogP contribution in [-0.4, -0.2) is 32.8 Å². The maximum atomic E-state index is 12.5. The number of aromatic nitrogens is 4. The molecule has 0 atom stereocenters. The van der Waals surface area contributed by atoms with Gasteiger partial charge in [0.2, 0.25) is 5.88 Å². The molecule has 0 radical (unpaired) electrons. The lowest BCUT2D eigenvalue weighted by Gasteiger charge is -2.09. The fraction of sp³-hybridized carbons (Fsp3) is 0.300. The van der Waals surface area contributed by atoms with Gasteiger partial charge in [0.05, 0.1) is 12.7 Å². The van der Waals surface area contributed by atoms with Gasteiger partial charge in [0.1, 0.15) is 5.82 Å². The van der Waals surface area contributed by atoms with Crippen LogP contribution in [0.25, 0.3) is 11.4 Å². The van der Waals surface area contributed by atoms with E-state index in [1.807, 2.05) is 24.3 Å². The van der Waals surface area contributed by atoms with E-state index in [0.29, 0.717) is 17.1 Å². The number of benzene rings is 1. The first-order valence-electron chi connectivity index (χ1n) is 9.08. The summed E-state index contributed by atoms with van der Waals surface area (Å²) in [4.78, 5) is 16.5. The van der Waals surface area contributed by atoms with E-state index in [2.05, 4.69) is 25.1 Å². The molecule has 0 aliphatic carbocycles. The van der Waals surface area contributed by atoms with Crippen LogP contribution >= 0.6 is 0 Å². The van der Waals surface area contributed by atoms with E-state index in [9.17, 15) is 4.79 Å². The van der Waals surface area contributed by atoms with Gasteiger partial charge >= 0.3 is 0 Å². The molecule has 0 unspecified atom stereocenters. The van der Waals surface area contributed by atoms with Crippen LogP contribution in [0.3, 0.4) is 0 Å². The zero-order chi connectivity index (χ0) is 18.6. The highest BCUT2D eigenvalue weighted by Crippen LogP contribution is 2.25. The third kappa shape index (κ3) is 3.67. The minimum Gasteiger partial charge on any atom is -0.481 e. The average molecular weight is 363 g/mol. The fourth-order valence-electron chi connectivity index (χ4n) is 3.27. The Labute approximate surface area is 157 Å². The Balaban J connectivity index is 1.56. The van der Waals surface area contributed by atoms with Crippen LogP contribution in [0, 0.1) is 0 Å². The van der Waals surface area contributed by atoms with Crippen molar-refractivity contribution in [1.82, 2.24) is 19.7 Å². The summed E-state index contributed by atoms with van der Waals surface area (Å²) in [5.74, 6) is 2.15. The number of rotatable bonds is 4. The van der Waals surface area contributed by atoms with Gasteiger partial charge in [-0.25, -0.2) is 4.98 Å². The Morgan fingerprint density at radius 2 is 2.07 bits per heavy atom. The molecule has 3 aromatic rings. The third-order valence-electron chi connectivity index (χ3n) is 4.70. The van der Waals surface area contributed by atoms with Crippen LogP contribution in [-0.2, 0) is 13.0 Å². The van der Waals surface area contributed by atoms with Crippen LogP contribution in [0.1, 0.15) is 35.4 Å². The number of carbonyl (C=O) groups is 1. The highest BCUT2D eigenvalue weighted by atomic mass is 16.5. The van der Waals surface area contributed by atoms with Crippen molar-refractivity contribution in [3.8, 4) is 17.3 Å². The molecule has 0 spiro atoms. The molecule has 0 saturated carbocycles. The number of carbonyl (C=O) groups excluding carboxylic acids is 1. The van der Waals surface area contributed by atoms with Gasteiger partial charge in [-0.15, -0.1) is 10.2 Å². The first-order valence-corrected chi connectivity index (χ1v) is 9.08. The van der Waals surface area contributed by atoms with Crippen molar-refractivity contribution in [2.75, 3.05) is 12.4 Å².